The molecule has 1 aliphatic heterocycles. The molecule has 2 aromatic rings. The van der Waals surface area contributed by atoms with Crippen molar-refractivity contribution in [1.29, 1.82) is 0 Å². The minimum atomic E-state index is 0.581. The summed E-state index contributed by atoms with van der Waals surface area (Å²) in [6, 6.07) is 12.4. The van der Waals surface area contributed by atoms with Crippen molar-refractivity contribution >= 4 is 17.6 Å². The lowest BCUT2D eigenvalue weighted by Crippen LogP contribution is -2.36. The third-order valence-corrected chi connectivity index (χ3v) is 4.70. The van der Waals surface area contributed by atoms with Crippen molar-refractivity contribution < 1.29 is 14.2 Å². The lowest BCUT2D eigenvalue weighted by molar-refractivity contribution is 0.122. The van der Waals surface area contributed by atoms with Crippen molar-refractivity contribution in [3.8, 4) is 11.5 Å². The van der Waals surface area contributed by atoms with Crippen LogP contribution in [-0.4, -0.2) is 45.7 Å². The minimum absolute atomic E-state index is 0.581. The van der Waals surface area contributed by atoms with Crippen LogP contribution in [0.5, 0.6) is 11.5 Å². The van der Waals surface area contributed by atoms with Crippen LogP contribution in [0.2, 0.25) is 0 Å². The molecule has 0 amide bonds. The Hall–Kier alpha value is -2.79. The van der Waals surface area contributed by atoms with Crippen LogP contribution in [0.15, 0.2) is 54.0 Å². The van der Waals surface area contributed by atoms with E-state index in [9.17, 15) is 0 Å². The highest BCUT2D eigenvalue weighted by atomic mass is 16.5. The van der Waals surface area contributed by atoms with Gasteiger partial charge >= 0.3 is 0 Å². The van der Waals surface area contributed by atoms with Crippen LogP contribution in [0.25, 0.3) is 0 Å². The largest absolute Gasteiger partial charge is 0.490 e. The fourth-order valence-electron chi connectivity index (χ4n) is 3.36. The summed E-state index contributed by atoms with van der Waals surface area (Å²) in [6.07, 6.45) is 4.46. The molecule has 1 heterocycles. The third-order valence-electron chi connectivity index (χ3n) is 4.70. The van der Waals surface area contributed by atoms with E-state index in [1.165, 1.54) is 5.69 Å². The molecule has 0 spiro atoms. The SMILES string of the molecule is C=CCc1cc(C=Nc2ccc(N3CCOCC3)cc2)cc(OCC)c1OCC. The zero-order chi connectivity index (χ0) is 20.5. The first-order valence-electron chi connectivity index (χ1n) is 10.2. The third kappa shape index (κ3) is 5.61. The molecule has 0 N–H and O–H groups in total. The number of rotatable bonds is 9. The Balaban J connectivity index is 1.80. The monoisotopic (exact) mass is 394 g/mol. The van der Waals surface area contributed by atoms with E-state index in [0.29, 0.717) is 19.6 Å². The Kier molecular flexibility index (Phi) is 7.70. The number of allylic oxidation sites excluding steroid dienone is 1. The number of hydrogen-bond acceptors (Lipinski definition) is 5. The van der Waals surface area contributed by atoms with Crippen molar-refractivity contribution in [2.24, 2.45) is 4.99 Å². The van der Waals surface area contributed by atoms with Gasteiger partial charge in [0.25, 0.3) is 0 Å². The van der Waals surface area contributed by atoms with E-state index in [1.54, 1.807) is 0 Å². The molecule has 29 heavy (non-hydrogen) atoms. The Morgan fingerprint density at radius 1 is 1.07 bits per heavy atom. The summed E-state index contributed by atoms with van der Waals surface area (Å²) in [5, 5.41) is 0. The highest BCUT2D eigenvalue weighted by Crippen LogP contribution is 2.34. The second kappa shape index (κ2) is 10.7. The van der Waals surface area contributed by atoms with Crippen molar-refractivity contribution in [2.75, 3.05) is 44.4 Å². The van der Waals surface area contributed by atoms with Crippen molar-refractivity contribution in [2.45, 2.75) is 20.3 Å². The molecule has 1 fully saturated rings. The van der Waals surface area contributed by atoms with Crippen molar-refractivity contribution in [3.05, 3.63) is 60.2 Å². The summed E-state index contributed by atoms with van der Waals surface area (Å²) in [6.45, 7) is 12.4. The van der Waals surface area contributed by atoms with Crippen LogP contribution in [0.4, 0.5) is 11.4 Å². The standard InChI is InChI=1S/C24H30N2O3/c1-4-7-20-16-19(17-23(28-5-2)24(20)29-6-3)18-25-21-8-10-22(11-9-21)26-12-14-27-15-13-26/h4,8-11,16-18H,1,5-7,12-15H2,2-3H3. The first-order chi connectivity index (χ1) is 14.2. The van der Waals surface area contributed by atoms with E-state index in [-0.39, 0.29) is 0 Å². The van der Waals surface area contributed by atoms with Crippen LogP contribution in [0.1, 0.15) is 25.0 Å². The molecule has 0 aromatic heterocycles. The van der Waals surface area contributed by atoms with Gasteiger partial charge in [0, 0.05) is 30.6 Å². The number of anilines is 1. The number of ether oxygens (including phenoxy) is 3. The molecule has 5 heteroatoms. The molecular formula is C24H30N2O3. The minimum Gasteiger partial charge on any atom is -0.490 e. The molecule has 0 bridgehead atoms. The summed E-state index contributed by atoms with van der Waals surface area (Å²) < 4.78 is 17.1. The van der Waals surface area contributed by atoms with Gasteiger partial charge in [-0.1, -0.05) is 6.08 Å². The van der Waals surface area contributed by atoms with Crippen molar-refractivity contribution in [1.82, 2.24) is 0 Å². The second-order valence-electron chi connectivity index (χ2n) is 6.74. The molecule has 0 atom stereocenters. The number of hydrogen-bond donors (Lipinski definition) is 0. The van der Waals surface area contributed by atoms with Gasteiger partial charge in [-0.15, -0.1) is 6.58 Å². The number of nitrogens with zero attached hydrogens (tertiary/aromatic N) is 2. The normalized spacial score (nSPS) is 14.2. The molecule has 0 saturated carbocycles. The molecule has 1 aliphatic rings. The summed E-state index contributed by atoms with van der Waals surface area (Å²) in [7, 11) is 0. The maximum atomic E-state index is 5.83. The van der Waals surface area contributed by atoms with Crippen LogP contribution in [0, 0.1) is 0 Å². The average Bonchev–Trinajstić information content (AvgIpc) is 2.76. The quantitative estimate of drug-likeness (QED) is 0.453. The van der Waals surface area contributed by atoms with E-state index in [0.717, 1.165) is 54.6 Å². The summed E-state index contributed by atoms with van der Waals surface area (Å²) in [4.78, 5) is 6.98. The van der Waals surface area contributed by atoms with Gasteiger partial charge in [0.05, 0.1) is 32.1 Å². The Labute approximate surface area is 173 Å². The van der Waals surface area contributed by atoms with Crippen LogP contribution < -0.4 is 14.4 Å². The molecule has 0 aliphatic carbocycles. The number of morpholine rings is 1. The fraction of sp³-hybridized carbons (Fsp3) is 0.375. The first-order valence-corrected chi connectivity index (χ1v) is 10.2. The molecule has 1 saturated heterocycles. The highest BCUT2D eigenvalue weighted by molar-refractivity contribution is 5.84. The van der Waals surface area contributed by atoms with E-state index in [2.05, 4.69) is 34.7 Å². The molecule has 0 radical (unpaired) electrons. The van der Waals surface area contributed by atoms with E-state index in [4.69, 9.17) is 14.2 Å². The Morgan fingerprint density at radius 3 is 2.45 bits per heavy atom. The predicted molar refractivity (Wildman–Crippen MR) is 119 cm³/mol. The van der Waals surface area contributed by atoms with Crippen molar-refractivity contribution in [3.63, 3.8) is 0 Å². The van der Waals surface area contributed by atoms with Crippen LogP contribution >= 0.6 is 0 Å². The summed E-state index contributed by atoms with van der Waals surface area (Å²) in [5.41, 5.74) is 4.15. The lowest BCUT2D eigenvalue weighted by Gasteiger charge is -2.28. The van der Waals surface area contributed by atoms with Gasteiger partial charge in [0.2, 0.25) is 0 Å². The zero-order valence-electron chi connectivity index (χ0n) is 17.4. The summed E-state index contributed by atoms with van der Waals surface area (Å²) in [5.74, 6) is 1.54. The molecule has 2 aromatic carbocycles. The Bertz CT molecular complexity index is 825. The number of benzene rings is 2. The van der Waals surface area contributed by atoms with Gasteiger partial charge in [-0.05, 0) is 62.2 Å². The van der Waals surface area contributed by atoms with Crippen LogP contribution in [0.3, 0.4) is 0 Å². The van der Waals surface area contributed by atoms with Crippen LogP contribution in [-0.2, 0) is 11.2 Å². The molecular weight excluding hydrogens is 364 g/mol. The molecule has 0 unspecified atom stereocenters. The highest BCUT2D eigenvalue weighted by Gasteiger charge is 2.13. The van der Waals surface area contributed by atoms with Gasteiger partial charge in [-0.2, -0.15) is 0 Å². The van der Waals surface area contributed by atoms with Gasteiger partial charge in [0.1, 0.15) is 0 Å². The zero-order valence-corrected chi connectivity index (χ0v) is 17.4. The smallest absolute Gasteiger partial charge is 0.164 e. The maximum Gasteiger partial charge on any atom is 0.164 e. The van der Waals surface area contributed by atoms with E-state index < -0.39 is 0 Å². The van der Waals surface area contributed by atoms with Gasteiger partial charge < -0.3 is 19.1 Å². The summed E-state index contributed by atoms with van der Waals surface area (Å²) >= 11 is 0. The number of aliphatic imine (C=N–C) groups is 1. The van der Waals surface area contributed by atoms with E-state index >= 15 is 0 Å². The van der Waals surface area contributed by atoms with Gasteiger partial charge in [-0.25, -0.2) is 0 Å². The first kappa shape index (κ1) is 20.9. The second-order valence-corrected chi connectivity index (χ2v) is 6.74. The maximum absolute atomic E-state index is 5.83. The van der Waals surface area contributed by atoms with E-state index in [1.807, 2.05) is 44.3 Å². The predicted octanol–water partition coefficient (Wildman–Crippen LogP) is 4.80. The van der Waals surface area contributed by atoms with Gasteiger partial charge in [0.15, 0.2) is 11.5 Å². The lowest BCUT2D eigenvalue weighted by atomic mass is 10.1. The molecule has 5 nitrogen and oxygen atoms in total. The average molecular weight is 395 g/mol. The molecule has 3 rings (SSSR count). The van der Waals surface area contributed by atoms with Gasteiger partial charge in [-0.3, -0.25) is 4.99 Å². The topological polar surface area (TPSA) is 43.3 Å². The molecule has 154 valence electrons. The fourth-order valence-corrected chi connectivity index (χ4v) is 3.36. The Morgan fingerprint density at radius 2 is 1.79 bits per heavy atom.